The van der Waals surface area contributed by atoms with Gasteiger partial charge in [0.15, 0.2) is 0 Å². The van der Waals surface area contributed by atoms with Crippen LogP contribution in [0.2, 0.25) is 5.15 Å². The molecule has 0 aliphatic heterocycles. The van der Waals surface area contributed by atoms with Crippen molar-refractivity contribution in [3.05, 3.63) is 33.3 Å². The number of aromatic amines is 1. The summed E-state index contributed by atoms with van der Waals surface area (Å²) in [6, 6.07) is 1.39. The van der Waals surface area contributed by atoms with E-state index in [2.05, 4.69) is 35.8 Å². The fraction of sp³-hybridized carbons (Fsp3) is 0.200. The Hall–Kier alpha value is -1.12. The molecule has 0 amide bonds. The molecule has 0 saturated carbocycles. The molecule has 2 rings (SSSR count). The van der Waals surface area contributed by atoms with Crippen LogP contribution in [-0.2, 0) is 10.0 Å². The van der Waals surface area contributed by atoms with Gasteiger partial charge in [-0.25, -0.2) is 13.4 Å². The second kappa shape index (κ2) is 5.10. The van der Waals surface area contributed by atoms with E-state index in [1.807, 2.05) is 0 Å². The highest BCUT2D eigenvalue weighted by atomic mass is 79.9. The van der Waals surface area contributed by atoms with E-state index in [0.717, 1.165) is 0 Å². The number of halogens is 2. The average molecular weight is 366 g/mol. The van der Waals surface area contributed by atoms with E-state index in [0.29, 0.717) is 21.5 Å². The molecule has 2 N–H and O–H groups in total. The van der Waals surface area contributed by atoms with Crippen molar-refractivity contribution in [1.29, 1.82) is 0 Å². The van der Waals surface area contributed by atoms with E-state index in [1.54, 1.807) is 13.8 Å². The minimum absolute atomic E-state index is 0.0884. The second-order valence-corrected chi connectivity index (χ2v) is 6.78. The number of anilines is 1. The summed E-state index contributed by atoms with van der Waals surface area (Å²) in [6.07, 6.45) is 1.43. The minimum Gasteiger partial charge on any atom is -0.280 e. The maximum atomic E-state index is 12.3. The first kappa shape index (κ1) is 14.3. The Labute approximate surface area is 123 Å². The number of sulfonamides is 1. The summed E-state index contributed by atoms with van der Waals surface area (Å²) in [5, 5.41) is 6.54. The van der Waals surface area contributed by atoms with Crippen molar-refractivity contribution in [2.45, 2.75) is 18.7 Å². The van der Waals surface area contributed by atoms with Gasteiger partial charge >= 0.3 is 0 Å². The number of rotatable bonds is 3. The van der Waals surface area contributed by atoms with Gasteiger partial charge in [-0.3, -0.25) is 9.82 Å². The molecule has 0 radical (unpaired) electrons. The van der Waals surface area contributed by atoms with Gasteiger partial charge in [0, 0.05) is 10.7 Å². The van der Waals surface area contributed by atoms with Crippen LogP contribution < -0.4 is 4.72 Å². The monoisotopic (exact) mass is 364 g/mol. The zero-order valence-corrected chi connectivity index (χ0v) is 13.2. The first-order valence-electron chi connectivity index (χ1n) is 5.16. The van der Waals surface area contributed by atoms with E-state index in [-0.39, 0.29) is 10.0 Å². The van der Waals surface area contributed by atoms with Crippen LogP contribution in [0, 0.1) is 13.8 Å². The van der Waals surface area contributed by atoms with Gasteiger partial charge in [-0.2, -0.15) is 5.10 Å². The van der Waals surface area contributed by atoms with Gasteiger partial charge < -0.3 is 0 Å². The quantitative estimate of drug-likeness (QED) is 0.819. The fourth-order valence-corrected chi connectivity index (χ4v) is 3.61. The van der Waals surface area contributed by atoms with Crippen molar-refractivity contribution >= 4 is 43.2 Å². The molecule has 0 aromatic carbocycles. The topological polar surface area (TPSA) is 87.7 Å². The lowest BCUT2D eigenvalue weighted by molar-refractivity contribution is 0.600. The van der Waals surface area contributed by atoms with Gasteiger partial charge in [0.05, 0.1) is 17.1 Å². The summed E-state index contributed by atoms with van der Waals surface area (Å²) in [5.41, 5.74) is 1.59. The summed E-state index contributed by atoms with van der Waals surface area (Å²) in [6.45, 7) is 3.42. The lowest BCUT2D eigenvalue weighted by Crippen LogP contribution is -2.15. The zero-order chi connectivity index (χ0) is 14.2. The van der Waals surface area contributed by atoms with Crippen molar-refractivity contribution in [3.8, 4) is 0 Å². The molecule has 9 heteroatoms. The number of aromatic nitrogens is 3. The molecule has 6 nitrogen and oxygen atoms in total. The molecule has 0 spiro atoms. The fourth-order valence-electron chi connectivity index (χ4n) is 1.48. The maximum Gasteiger partial charge on any atom is 0.265 e. The third-order valence-corrected chi connectivity index (χ3v) is 4.64. The van der Waals surface area contributed by atoms with Crippen LogP contribution in [0.4, 0.5) is 5.69 Å². The Morgan fingerprint density at radius 2 is 2.11 bits per heavy atom. The predicted molar refractivity (Wildman–Crippen MR) is 75.8 cm³/mol. The molecule has 2 aromatic heterocycles. The maximum absolute atomic E-state index is 12.3. The third kappa shape index (κ3) is 2.90. The van der Waals surface area contributed by atoms with Gasteiger partial charge in [0.1, 0.15) is 10.0 Å². The van der Waals surface area contributed by atoms with Crippen molar-refractivity contribution in [2.75, 3.05) is 4.72 Å². The molecule has 0 bridgehead atoms. The summed E-state index contributed by atoms with van der Waals surface area (Å²) in [4.78, 5) is 3.70. The van der Waals surface area contributed by atoms with Crippen molar-refractivity contribution in [1.82, 2.24) is 15.2 Å². The summed E-state index contributed by atoms with van der Waals surface area (Å²) in [5.74, 6) is 0. The molecule has 102 valence electrons. The summed E-state index contributed by atoms with van der Waals surface area (Å²) in [7, 11) is -3.82. The van der Waals surface area contributed by atoms with E-state index < -0.39 is 10.0 Å². The van der Waals surface area contributed by atoms with E-state index in [9.17, 15) is 8.42 Å². The summed E-state index contributed by atoms with van der Waals surface area (Å²) >= 11 is 8.99. The molecule has 19 heavy (non-hydrogen) atoms. The van der Waals surface area contributed by atoms with Gasteiger partial charge in [0.2, 0.25) is 0 Å². The molecule has 0 aliphatic carbocycles. The number of hydrogen-bond donors (Lipinski definition) is 2. The first-order chi connectivity index (χ1) is 8.81. The number of nitrogens with zero attached hydrogens (tertiary/aromatic N) is 2. The Kier molecular flexibility index (Phi) is 3.84. The van der Waals surface area contributed by atoms with Crippen molar-refractivity contribution in [3.63, 3.8) is 0 Å². The molecule has 2 aromatic rings. The van der Waals surface area contributed by atoms with Crippen LogP contribution in [0.15, 0.2) is 21.6 Å². The largest absolute Gasteiger partial charge is 0.280 e. The van der Waals surface area contributed by atoms with Crippen LogP contribution >= 0.6 is 27.5 Å². The number of hydrogen-bond acceptors (Lipinski definition) is 4. The summed E-state index contributed by atoms with van der Waals surface area (Å²) < 4.78 is 27.5. The highest BCUT2D eigenvalue weighted by molar-refractivity contribution is 9.10. The minimum atomic E-state index is -3.82. The zero-order valence-electron chi connectivity index (χ0n) is 10.0. The molecular formula is C10H10BrClN4O2S. The average Bonchev–Trinajstić information content (AvgIpc) is 2.63. The van der Waals surface area contributed by atoms with Gasteiger partial charge in [-0.15, -0.1) is 0 Å². The number of pyridine rings is 1. The van der Waals surface area contributed by atoms with E-state index in [4.69, 9.17) is 11.6 Å². The second-order valence-electron chi connectivity index (χ2n) is 3.86. The van der Waals surface area contributed by atoms with Gasteiger partial charge in [-0.05, 0) is 35.8 Å². The van der Waals surface area contributed by atoms with Crippen LogP contribution in [0.3, 0.4) is 0 Å². The molecule has 0 aliphatic rings. The molecular weight excluding hydrogens is 356 g/mol. The number of nitrogens with one attached hydrogen (secondary N) is 2. The standard InChI is InChI=1S/C10H10BrClN4O2S/c1-5-9(6(2)15-14-5)16-19(17,18)8-3-7(11)4-13-10(8)12/h3-4,16H,1-2H3,(H,14,15). The SMILES string of the molecule is Cc1n[nH]c(C)c1NS(=O)(=O)c1cc(Br)cnc1Cl. The Morgan fingerprint density at radius 3 is 2.68 bits per heavy atom. The van der Waals surface area contributed by atoms with Crippen LogP contribution in [0.5, 0.6) is 0 Å². The van der Waals surface area contributed by atoms with E-state index >= 15 is 0 Å². The first-order valence-corrected chi connectivity index (χ1v) is 7.82. The molecule has 0 atom stereocenters. The predicted octanol–water partition coefficient (Wildman–Crippen LogP) is 2.64. The smallest absolute Gasteiger partial charge is 0.265 e. The van der Waals surface area contributed by atoms with E-state index in [1.165, 1.54) is 12.3 Å². The van der Waals surface area contributed by atoms with Gasteiger partial charge in [-0.1, -0.05) is 11.6 Å². The van der Waals surface area contributed by atoms with Gasteiger partial charge in [0.25, 0.3) is 10.0 Å². The lowest BCUT2D eigenvalue weighted by atomic mass is 10.3. The van der Waals surface area contributed by atoms with Crippen LogP contribution in [-0.4, -0.2) is 23.6 Å². The highest BCUT2D eigenvalue weighted by Gasteiger charge is 2.22. The molecule has 2 heterocycles. The molecule has 0 fully saturated rings. The number of H-pyrrole nitrogens is 1. The Bertz CT molecular complexity index is 710. The van der Waals surface area contributed by atoms with Crippen LogP contribution in [0.1, 0.15) is 11.4 Å². The molecule has 0 unspecified atom stereocenters. The van der Waals surface area contributed by atoms with Crippen LogP contribution in [0.25, 0.3) is 0 Å². The van der Waals surface area contributed by atoms with Crippen molar-refractivity contribution in [2.24, 2.45) is 0 Å². The van der Waals surface area contributed by atoms with Crippen molar-refractivity contribution < 1.29 is 8.42 Å². The molecule has 0 saturated heterocycles. The lowest BCUT2D eigenvalue weighted by Gasteiger charge is -2.09. The normalized spacial score (nSPS) is 11.6. The number of aryl methyl sites for hydroxylation is 2. The highest BCUT2D eigenvalue weighted by Crippen LogP contribution is 2.26. The Morgan fingerprint density at radius 1 is 1.42 bits per heavy atom. The Balaban J connectivity index is 2.47. The third-order valence-electron chi connectivity index (χ3n) is 2.43.